The van der Waals surface area contributed by atoms with Gasteiger partial charge in [-0.3, -0.25) is 4.79 Å². The van der Waals surface area contributed by atoms with Gasteiger partial charge < -0.3 is 9.64 Å². The lowest BCUT2D eigenvalue weighted by Crippen LogP contribution is -2.37. The van der Waals surface area contributed by atoms with E-state index in [0.717, 1.165) is 44.1 Å². The molecular formula is C38H27NO3S. The first kappa shape index (κ1) is 26.7. The van der Waals surface area contributed by atoms with Crippen LogP contribution in [0.15, 0.2) is 156 Å². The molecule has 5 aromatic carbocycles. The summed E-state index contributed by atoms with van der Waals surface area (Å²) in [4.78, 5) is 28.1. The second kappa shape index (κ2) is 10.9. The van der Waals surface area contributed by atoms with Crippen molar-refractivity contribution >= 4 is 40.5 Å². The van der Waals surface area contributed by atoms with Gasteiger partial charge >= 0.3 is 5.97 Å². The van der Waals surface area contributed by atoms with Gasteiger partial charge in [0.1, 0.15) is 0 Å². The molecule has 1 saturated heterocycles. The molecule has 7 rings (SSSR count). The van der Waals surface area contributed by atoms with Crippen molar-refractivity contribution in [2.45, 2.75) is 11.9 Å². The highest BCUT2D eigenvalue weighted by molar-refractivity contribution is 8.04. The van der Waals surface area contributed by atoms with E-state index in [0.29, 0.717) is 11.3 Å². The van der Waals surface area contributed by atoms with Crippen LogP contribution in [-0.2, 0) is 19.3 Å². The molecule has 5 heteroatoms. The second-order valence-corrected chi connectivity index (χ2v) is 11.6. The van der Waals surface area contributed by atoms with Crippen LogP contribution in [0.5, 0.6) is 0 Å². The number of aryl methyl sites for hydroxylation is 1. The minimum atomic E-state index is -1.38. The van der Waals surface area contributed by atoms with Gasteiger partial charge in [-0.15, -0.1) is 0 Å². The first-order valence-corrected chi connectivity index (χ1v) is 14.9. The molecule has 0 unspecified atom stereocenters. The molecule has 0 aromatic heterocycles. The minimum Gasteiger partial charge on any atom is -0.432 e. The van der Waals surface area contributed by atoms with E-state index in [1.807, 2.05) is 97.1 Å². The molecule has 208 valence electrons. The van der Waals surface area contributed by atoms with Crippen LogP contribution in [-0.4, -0.2) is 11.8 Å². The molecule has 4 nitrogen and oxygen atoms in total. The highest BCUT2D eigenvalue weighted by atomic mass is 32.2. The van der Waals surface area contributed by atoms with Crippen molar-refractivity contribution in [1.82, 2.24) is 0 Å². The van der Waals surface area contributed by atoms with E-state index in [1.165, 1.54) is 11.8 Å². The molecule has 0 spiro atoms. The molecule has 2 heterocycles. The Morgan fingerprint density at radius 1 is 0.651 bits per heavy atom. The number of hydrogen-bond donors (Lipinski definition) is 0. The number of benzene rings is 5. The summed E-state index contributed by atoms with van der Waals surface area (Å²) in [6.07, 6.45) is 0. The Bertz CT molecular complexity index is 1840. The number of hydrogen-bond acceptors (Lipinski definition) is 5. The van der Waals surface area contributed by atoms with Crippen molar-refractivity contribution in [2.24, 2.45) is 0 Å². The third-order valence-electron chi connectivity index (χ3n) is 7.71. The van der Waals surface area contributed by atoms with Crippen LogP contribution < -0.4 is 4.90 Å². The summed E-state index contributed by atoms with van der Waals surface area (Å²) in [7, 11) is 0. The number of fused-ring (bicyclic) bond motifs is 1. The number of Topliss-reactive ketones (excluding diaryl/α,β-unsaturated/α-hetero) is 1. The standard InChI is InChI=1S/C38H27NO3S/c1-26-22-24-31(25-23-26)39-34(29-18-10-4-11-19-29)33-35(40)37(41)42-38(33,30-20-12-5-13-21-30)43-36(39)32(27-14-6-2-7-15-27)28-16-8-3-9-17-28/h2-25H,1H3/t38-/m0/s1. The van der Waals surface area contributed by atoms with Gasteiger partial charge in [0.15, 0.2) is 0 Å². The van der Waals surface area contributed by atoms with Crippen molar-refractivity contribution in [3.8, 4) is 0 Å². The normalized spacial score (nSPS) is 18.0. The second-order valence-electron chi connectivity index (χ2n) is 10.5. The Kier molecular flexibility index (Phi) is 6.80. The number of anilines is 1. The van der Waals surface area contributed by atoms with Gasteiger partial charge in [0.25, 0.3) is 5.78 Å². The SMILES string of the molecule is Cc1ccc(N2C(=C(c3ccccc3)c3ccccc3)S[C@]3(c4ccccc4)OC(=O)C(=O)C3=C2c2ccccc2)cc1. The average Bonchev–Trinajstić information content (AvgIpc) is 3.32. The summed E-state index contributed by atoms with van der Waals surface area (Å²) < 4.78 is 6.21. The van der Waals surface area contributed by atoms with Crippen LogP contribution in [0.2, 0.25) is 0 Å². The smallest absolute Gasteiger partial charge is 0.381 e. The highest BCUT2D eigenvalue weighted by Gasteiger charge is 2.59. The minimum absolute atomic E-state index is 0.324. The van der Waals surface area contributed by atoms with E-state index in [9.17, 15) is 9.59 Å². The first-order chi connectivity index (χ1) is 21.1. The summed E-state index contributed by atoms with van der Waals surface area (Å²) in [5.74, 6) is -1.49. The number of rotatable bonds is 5. The number of esters is 1. The fourth-order valence-corrected chi connectivity index (χ4v) is 7.29. The molecule has 0 radical (unpaired) electrons. The monoisotopic (exact) mass is 577 g/mol. The topological polar surface area (TPSA) is 46.6 Å². The zero-order chi connectivity index (χ0) is 29.4. The van der Waals surface area contributed by atoms with Crippen LogP contribution >= 0.6 is 11.8 Å². The predicted octanol–water partition coefficient (Wildman–Crippen LogP) is 8.36. The fraction of sp³-hybridized carbons (Fsp3) is 0.0526. The molecule has 5 aromatic rings. The maximum absolute atomic E-state index is 14.0. The summed E-state index contributed by atoms with van der Waals surface area (Å²) in [5, 5.41) is 0.843. The average molecular weight is 578 g/mol. The Labute approximate surface area is 255 Å². The van der Waals surface area contributed by atoms with Crippen LogP contribution in [0, 0.1) is 6.92 Å². The van der Waals surface area contributed by atoms with Gasteiger partial charge in [0.2, 0.25) is 4.93 Å². The van der Waals surface area contributed by atoms with E-state index in [-0.39, 0.29) is 0 Å². The number of carbonyl (C=O) groups is 2. The summed E-state index contributed by atoms with van der Waals surface area (Å²) in [6, 6.07) is 48.1. The summed E-state index contributed by atoms with van der Waals surface area (Å²) in [5.41, 5.74) is 7.45. The van der Waals surface area contributed by atoms with Crippen LogP contribution in [0.1, 0.15) is 27.8 Å². The van der Waals surface area contributed by atoms with E-state index in [4.69, 9.17) is 4.74 Å². The Morgan fingerprint density at radius 3 is 1.72 bits per heavy atom. The Balaban J connectivity index is 1.67. The van der Waals surface area contributed by atoms with Crippen LogP contribution in [0.3, 0.4) is 0 Å². The number of carbonyl (C=O) groups excluding carboxylic acids is 2. The molecule has 0 bridgehead atoms. The molecule has 2 aliphatic rings. The zero-order valence-electron chi connectivity index (χ0n) is 23.4. The van der Waals surface area contributed by atoms with Gasteiger partial charge in [-0.05, 0) is 47.5 Å². The maximum Gasteiger partial charge on any atom is 0.381 e. The first-order valence-electron chi connectivity index (χ1n) is 14.1. The fourth-order valence-electron chi connectivity index (χ4n) is 5.73. The quantitative estimate of drug-likeness (QED) is 0.155. The van der Waals surface area contributed by atoms with Gasteiger partial charge in [0, 0.05) is 16.8 Å². The molecule has 1 fully saturated rings. The highest BCUT2D eigenvalue weighted by Crippen LogP contribution is 2.61. The third kappa shape index (κ3) is 4.59. The van der Waals surface area contributed by atoms with Crippen molar-refractivity contribution in [2.75, 3.05) is 4.90 Å². The van der Waals surface area contributed by atoms with Gasteiger partial charge in [-0.2, -0.15) is 0 Å². The summed E-state index contributed by atoms with van der Waals surface area (Å²) in [6.45, 7) is 2.05. The van der Waals surface area contributed by atoms with E-state index in [2.05, 4.69) is 60.4 Å². The molecular weight excluding hydrogens is 550 g/mol. The van der Waals surface area contributed by atoms with Gasteiger partial charge in [-0.25, -0.2) is 4.79 Å². The maximum atomic E-state index is 14.0. The van der Waals surface area contributed by atoms with Crippen molar-refractivity contribution in [3.05, 3.63) is 184 Å². The molecule has 0 aliphatic carbocycles. The van der Waals surface area contributed by atoms with Crippen molar-refractivity contribution in [3.63, 3.8) is 0 Å². The zero-order valence-corrected chi connectivity index (χ0v) is 24.3. The van der Waals surface area contributed by atoms with Crippen LogP contribution in [0.4, 0.5) is 5.69 Å². The van der Waals surface area contributed by atoms with Crippen LogP contribution in [0.25, 0.3) is 11.3 Å². The molecule has 0 amide bonds. The number of nitrogens with zero attached hydrogens (tertiary/aromatic N) is 1. The lowest BCUT2D eigenvalue weighted by molar-refractivity contribution is -0.150. The van der Waals surface area contributed by atoms with Crippen molar-refractivity contribution in [1.29, 1.82) is 0 Å². The third-order valence-corrected chi connectivity index (χ3v) is 9.10. The Hall–Kier alpha value is -5.13. The van der Waals surface area contributed by atoms with Gasteiger partial charge in [0.05, 0.1) is 16.3 Å². The molecule has 1 atom stereocenters. The lowest BCUT2D eigenvalue weighted by Gasteiger charge is -2.43. The molecule has 43 heavy (non-hydrogen) atoms. The number of ether oxygens (including phenoxy) is 1. The Morgan fingerprint density at radius 2 is 1.16 bits per heavy atom. The molecule has 0 N–H and O–H groups in total. The van der Waals surface area contributed by atoms with Crippen molar-refractivity contribution < 1.29 is 14.3 Å². The molecule has 2 aliphatic heterocycles. The largest absolute Gasteiger partial charge is 0.432 e. The molecule has 0 saturated carbocycles. The number of thioether (sulfide) groups is 1. The van der Waals surface area contributed by atoms with E-state index < -0.39 is 16.7 Å². The van der Waals surface area contributed by atoms with Gasteiger partial charge in [-0.1, -0.05) is 139 Å². The lowest BCUT2D eigenvalue weighted by atomic mass is 9.92. The number of ketones is 1. The predicted molar refractivity (Wildman–Crippen MR) is 173 cm³/mol. The van der Waals surface area contributed by atoms with E-state index in [1.54, 1.807) is 0 Å². The summed E-state index contributed by atoms with van der Waals surface area (Å²) >= 11 is 1.40. The van der Waals surface area contributed by atoms with E-state index >= 15 is 0 Å².